The molecular formula is C16H21BrClN3O3. The quantitative estimate of drug-likeness (QED) is 0.697. The molecule has 24 heavy (non-hydrogen) atoms. The fourth-order valence-electron chi connectivity index (χ4n) is 2.52. The third-order valence-electron chi connectivity index (χ3n) is 3.93. The monoisotopic (exact) mass is 417 g/mol. The van der Waals surface area contributed by atoms with Crippen molar-refractivity contribution in [2.75, 3.05) is 26.2 Å². The summed E-state index contributed by atoms with van der Waals surface area (Å²) in [5.41, 5.74) is 5.29. The lowest BCUT2D eigenvalue weighted by atomic mass is 9.96. The number of rotatable bonds is 6. The zero-order valence-electron chi connectivity index (χ0n) is 13.3. The maximum atomic E-state index is 12.0. The Morgan fingerprint density at radius 3 is 2.71 bits per heavy atom. The zero-order chi connectivity index (χ0) is 17.5. The van der Waals surface area contributed by atoms with Crippen LogP contribution in [0.4, 0.5) is 4.79 Å². The van der Waals surface area contributed by atoms with Gasteiger partial charge in [-0.1, -0.05) is 27.5 Å². The Balaban J connectivity index is 1.62. The van der Waals surface area contributed by atoms with E-state index in [0.717, 1.165) is 4.47 Å². The van der Waals surface area contributed by atoms with E-state index in [2.05, 4.69) is 21.2 Å². The Morgan fingerprint density at radius 2 is 2.08 bits per heavy atom. The van der Waals surface area contributed by atoms with Gasteiger partial charge in [-0.2, -0.15) is 0 Å². The minimum Gasteiger partial charge on any atom is -0.492 e. The zero-order valence-corrected chi connectivity index (χ0v) is 15.6. The summed E-state index contributed by atoms with van der Waals surface area (Å²) in [6, 6.07) is 5.32. The molecule has 0 saturated carbocycles. The average molecular weight is 419 g/mol. The van der Waals surface area contributed by atoms with Gasteiger partial charge in [-0.15, -0.1) is 0 Å². The number of carbonyl (C=O) groups is 2. The van der Waals surface area contributed by atoms with Crippen LogP contribution in [0.25, 0.3) is 0 Å². The second-order valence-electron chi connectivity index (χ2n) is 5.67. The van der Waals surface area contributed by atoms with Crippen molar-refractivity contribution in [3.63, 3.8) is 0 Å². The molecule has 1 fully saturated rings. The molecule has 3 N–H and O–H groups in total. The number of ether oxygens (including phenoxy) is 1. The van der Waals surface area contributed by atoms with Gasteiger partial charge in [-0.3, -0.25) is 4.79 Å². The molecule has 8 heteroatoms. The summed E-state index contributed by atoms with van der Waals surface area (Å²) in [5.74, 6) is 0.233. The van der Waals surface area contributed by atoms with Crippen LogP contribution < -0.4 is 15.8 Å². The first kappa shape index (κ1) is 18.9. The highest BCUT2D eigenvalue weighted by atomic mass is 79.9. The number of benzene rings is 1. The van der Waals surface area contributed by atoms with E-state index in [0.29, 0.717) is 56.3 Å². The van der Waals surface area contributed by atoms with Crippen LogP contribution in [0.1, 0.15) is 19.3 Å². The Morgan fingerprint density at radius 1 is 1.38 bits per heavy atom. The fraction of sp³-hybridized carbons (Fsp3) is 0.500. The molecule has 0 radical (unpaired) electrons. The molecule has 132 valence electrons. The van der Waals surface area contributed by atoms with Crippen LogP contribution in [-0.2, 0) is 4.79 Å². The smallest absolute Gasteiger partial charge is 0.317 e. The molecule has 1 saturated heterocycles. The van der Waals surface area contributed by atoms with Gasteiger partial charge in [0.1, 0.15) is 5.75 Å². The lowest BCUT2D eigenvalue weighted by Gasteiger charge is -2.30. The minimum atomic E-state index is -0.279. The van der Waals surface area contributed by atoms with E-state index in [-0.39, 0.29) is 17.9 Å². The van der Waals surface area contributed by atoms with Gasteiger partial charge in [0.25, 0.3) is 0 Å². The summed E-state index contributed by atoms with van der Waals surface area (Å²) in [6.45, 7) is 2.10. The number of amides is 3. The molecule has 0 atom stereocenters. The van der Waals surface area contributed by atoms with E-state index in [1.54, 1.807) is 17.0 Å². The van der Waals surface area contributed by atoms with E-state index >= 15 is 0 Å². The van der Waals surface area contributed by atoms with Crippen LogP contribution >= 0.6 is 27.5 Å². The Bertz CT molecular complexity index is 592. The second kappa shape index (κ2) is 9.13. The first-order valence-corrected chi connectivity index (χ1v) is 9.04. The number of nitrogens with zero attached hydrogens (tertiary/aromatic N) is 1. The number of nitrogens with two attached hydrogens (primary N) is 1. The molecule has 0 unspecified atom stereocenters. The molecule has 2 rings (SSSR count). The van der Waals surface area contributed by atoms with Crippen molar-refractivity contribution in [2.45, 2.75) is 19.3 Å². The summed E-state index contributed by atoms with van der Waals surface area (Å²) in [6.07, 6.45) is 1.94. The average Bonchev–Trinajstić information content (AvgIpc) is 2.56. The Hall–Kier alpha value is -1.47. The molecule has 1 heterocycles. The van der Waals surface area contributed by atoms with Gasteiger partial charge < -0.3 is 20.7 Å². The van der Waals surface area contributed by atoms with Crippen molar-refractivity contribution in [3.8, 4) is 5.75 Å². The van der Waals surface area contributed by atoms with Crippen LogP contribution in [0.5, 0.6) is 5.75 Å². The summed E-state index contributed by atoms with van der Waals surface area (Å²) < 4.78 is 6.49. The Kier molecular flexibility index (Phi) is 7.17. The molecule has 1 aliphatic heterocycles. The van der Waals surface area contributed by atoms with E-state index < -0.39 is 0 Å². The molecule has 0 aromatic heterocycles. The van der Waals surface area contributed by atoms with Crippen LogP contribution in [0.2, 0.25) is 5.02 Å². The number of hydrogen-bond donors (Lipinski definition) is 2. The van der Waals surface area contributed by atoms with Crippen molar-refractivity contribution in [3.05, 3.63) is 27.7 Å². The van der Waals surface area contributed by atoms with Crippen molar-refractivity contribution in [1.29, 1.82) is 0 Å². The first-order chi connectivity index (χ1) is 11.5. The third kappa shape index (κ3) is 5.56. The van der Waals surface area contributed by atoms with Gasteiger partial charge in [0.2, 0.25) is 5.91 Å². The predicted molar refractivity (Wildman–Crippen MR) is 96.2 cm³/mol. The van der Waals surface area contributed by atoms with Gasteiger partial charge in [0, 0.05) is 30.0 Å². The highest BCUT2D eigenvalue weighted by molar-refractivity contribution is 9.10. The molecule has 0 aliphatic carbocycles. The molecular weight excluding hydrogens is 398 g/mol. The Labute approximate surface area is 154 Å². The number of primary amides is 1. The van der Waals surface area contributed by atoms with Crippen LogP contribution in [-0.4, -0.2) is 43.1 Å². The van der Waals surface area contributed by atoms with Crippen LogP contribution in [0, 0.1) is 5.92 Å². The van der Waals surface area contributed by atoms with Gasteiger partial charge in [-0.25, -0.2) is 4.79 Å². The predicted octanol–water partition coefficient (Wildman–Crippen LogP) is 2.78. The number of nitrogens with one attached hydrogen (secondary N) is 1. The summed E-state index contributed by atoms with van der Waals surface area (Å²) in [4.78, 5) is 24.9. The highest BCUT2D eigenvalue weighted by Gasteiger charge is 2.25. The number of piperidine rings is 1. The maximum Gasteiger partial charge on any atom is 0.317 e. The van der Waals surface area contributed by atoms with E-state index in [1.165, 1.54) is 0 Å². The lowest BCUT2D eigenvalue weighted by molar-refractivity contribution is -0.123. The molecule has 1 aromatic carbocycles. The van der Waals surface area contributed by atoms with Crippen molar-refractivity contribution < 1.29 is 14.3 Å². The molecule has 6 nitrogen and oxygen atoms in total. The number of urea groups is 1. The molecule has 1 aliphatic rings. The third-order valence-corrected chi connectivity index (χ3v) is 4.72. The van der Waals surface area contributed by atoms with Crippen molar-refractivity contribution >= 4 is 39.5 Å². The normalized spacial score (nSPS) is 15.2. The number of carbonyl (C=O) groups excluding carboxylic acids is 2. The lowest BCUT2D eigenvalue weighted by Crippen LogP contribution is -2.46. The fourth-order valence-corrected chi connectivity index (χ4v) is 3.25. The summed E-state index contributed by atoms with van der Waals surface area (Å²) >= 11 is 9.40. The largest absolute Gasteiger partial charge is 0.492 e. The second-order valence-corrected chi connectivity index (χ2v) is 7.00. The van der Waals surface area contributed by atoms with E-state index in [4.69, 9.17) is 22.1 Å². The van der Waals surface area contributed by atoms with E-state index in [1.807, 2.05) is 6.07 Å². The molecule has 1 aromatic rings. The topological polar surface area (TPSA) is 84.7 Å². The van der Waals surface area contributed by atoms with Gasteiger partial charge in [-0.05, 0) is 37.5 Å². The number of halogens is 2. The van der Waals surface area contributed by atoms with Gasteiger partial charge >= 0.3 is 6.03 Å². The van der Waals surface area contributed by atoms with Crippen molar-refractivity contribution in [2.24, 2.45) is 11.7 Å². The number of likely N-dealkylation sites (tertiary alicyclic amines) is 1. The van der Waals surface area contributed by atoms with E-state index in [9.17, 15) is 9.59 Å². The van der Waals surface area contributed by atoms with Crippen LogP contribution in [0.15, 0.2) is 22.7 Å². The summed E-state index contributed by atoms with van der Waals surface area (Å²) in [7, 11) is 0. The van der Waals surface area contributed by atoms with Gasteiger partial charge in [0.15, 0.2) is 0 Å². The number of hydrogen-bond acceptors (Lipinski definition) is 3. The maximum absolute atomic E-state index is 12.0. The SMILES string of the molecule is NC(=O)C1CCN(C(=O)NCCCOc2ccc(Br)cc2Cl)CC1. The van der Waals surface area contributed by atoms with Gasteiger partial charge in [0.05, 0.1) is 11.6 Å². The summed E-state index contributed by atoms with van der Waals surface area (Å²) in [5, 5.41) is 3.40. The standard InChI is InChI=1S/C16H21BrClN3O3/c17-12-2-3-14(13(18)10-12)24-9-1-6-20-16(23)21-7-4-11(5-8-21)15(19)22/h2-3,10-11H,1,4-9H2,(H2,19,22)(H,20,23). The van der Waals surface area contributed by atoms with Crippen LogP contribution in [0.3, 0.4) is 0 Å². The van der Waals surface area contributed by atoms with Crippen molar-refractivity contribution in [1.82, 2.24) is 10.2 Å². The first-order valence-electron chi connectivity index (χ1n) is 7.87. The molecule has 0 bridgehead atoms. The highest BCUT2D eigenvalue weighted by Crippen LogP contribution is 2.27. The molecule has 0 spiro atoms. The minimum absolute atomic E-state index is 0.111. The molecule has 3 amide bonds.